The third-order valence-electron chi connectivity index (χ3n) is 6.47. The Labute approximate surface area is 160 Å². The molecule has 0 N–H and O–H groups in total. The molecule has 1 heterocycles. The second kappa shape index (κ2) is 7.45. The van der Waals surface area contributed by atoms with Crippen LogP contribution in [0.4, 0.5) is 5.69 Å². The molecule has 1 aromatic rings. The van der Waals surface area contributed by atoms with Crippen LogP contribution in [-0.2, 0) is 14.4 Å². The molecule has 0 aromatic heterocycles. The number of hydrogen-bond donors (Lipinski definition) is 0. The van der Waals surface area contributed by atoms with Crippen LogP contribution in [0.15, 0.2) is 24.3 Å². The molecule has 144 valence electrons. The van der Waals surface area contributed by atoms with Crippen molar-refractivity contribution in [2.24, 2.45) is 23.7 Å². The minimum Gasteiger partial charge on any atom is -0.426 e. The van der Waals surface area contributed by atoms with Crippen LogP contribution in [0.3, 0.4) is 0 Å². The van der Waals surface area contributed by atoms with E-state index in [1.54, 1.807) is 24.3 Å². The van der Waals surface area contributed by atoms with Gasteiger partial charge in [-0.15, -0.1) is 0 Å². The van der Waals surface area contributed by atoms with Crippen molar-refractivity contribution in [3.8, 4) is 5.75 Å². The Hall–Kier alpha value is -2.17. The van der Waals surface area contributed by atoms with E-state index in [-0.39, 0.29) is 29.6 Å². The molecule has 2 bridgehead atoms. The highest BCUT2D eigenvalue weighted by Gasteiger charge is 2.61. The number of benzene rings is 1. The molecule has 2 aliphatic carbocycles. The fourth-order valence-electron chi connectivity index (χ4n) is 5.23. The highest BCUT2D eigenvalue weighted by Crippen LogP contribution is 2.56. The van der Waals surface area contributed by atoms with Crippen LogP contribution < -0.4 is 9.64 Å². The van der Waals surface area contributed by atoms with Crippen LogP contribution in [-0.4, -0.2) is 17.8 Å². The van der Waals surface area contributed by atoms with E-state index in [0.29, 0.717) is 29.7 Å². The van der Waals surface area contributed by atoms with Crippen molar-refractivity contribution in [2.45, 2.75) is 58.3 Å². The number of unbranched alkanes of at least 4 members (excludes halogenated alkanes) is 3. The lowest BCUT2D eigenvalue weighted by molar-refractivity contribution is -0.134. The summed E-state index contributed by atoms with van der Waals surface area (Å²) in [6, 6.07) is 6.82. The summed E-state index contributed by atoms with van der Waals surface area (Å²) in [4.78, 5) is 39.2. The van der Waals surface area contributed by atoms with Gasteiger partial charge < -0.3 is 4.74 Å². The largest absolute Gasteiger partial charge is 0.426 e. The zero-order valence-electron chi connectivity index (χ0n) is 15.9. The average Bonchev–Trinajstić information content (AvgIpc) is 3.33. The molecule has 0 spiro atoms. The summed E-state index contributed by atoms with van der Waals surface area (Å²) in [5.41, 5.74) is 0.523. The van der Waals surface area contributed by atoms with Gasteiger partial charge in [0.25, 0.3) is 0 Å². The molecule has 27 heavy (non-hydrogen) atoms. The number of carbonyl (C=O) groups excluding carboxylic acids is 3. The Morgan fingerprint density at radius 2 is 1.78 bits per heavy atom. The first-order valence-electron chi connectivity index (χ1n) is 10.3. The van der Waals surface area contributed by atoms with Gasteiger partial charge in [0.2, 0.25) is 11.8 Å². The first-order valence-corrected chi connectivity index (χ1v) is 10.3. The van der Waals surface area contributed by atoms with E-state index in [9.17, 15) is 14.4 Å². The molecule has 0 radical (unpaired) electrons. The topological polar surface area (TPSA) is 63.7 Å². The number of fused-ring (bicyclic) bond motifs is 5. The van der Waals surface area contributed by atoms with Crippen LogP contribution in [0.2, 0.25) is 0 Å². The molecular weight excluding hydrogens is 342 g/mol. The number of nitrogens with zero attached hydrogens (tertiary/aromatic N) is 1. The lowest BCUT2D eigenvalue weighted by Gasteiger charge is -2.19. The number of rotatable bonds is 7. The SMILES string of the molecule is CCCCCCC(=O)Oc1cccc(N2C(=O)[C@@H]3[C@H]4CC[C@@H](C4)[C@@H]3C2=O)c1. The van der Waals surface area contributed by atoms with Gasteiger partial charge in [0.05, 0.1) is 17.5 Å². The van der Waals surface area contributed by atoms with Gasteiger partial charge in [0.15, 0.2) is 0 Å². The van der Waals surface area contributed by atoms with Gasteiger partial charge in [-0.2, -0.15) is 0 Å². The van der Waals surface area contributed by atoms with Crippen molar-refractivity contribution in [1.82, 2.24) is 0 Å². The van der Waals surface area contributed by atoms with Crippen molar-refractivity contribution in [2.75, 3.05) is 4.90 Å². The van der Waals surface area contributed by atoms with E-state index in [0.717, 1.165) is 44.9 Å². The van der Waals surface area contributed by atoms with Crippen LogP contribution in [0.1, 0.15) is 58.3 Å². The van der Waals surface area contributed by atoms with E-state index < -0.39 is 0 Å². The Morgan fingerprint density at radius 1 is 1.07 bits per heavy atom. The molecule has 2 saturated carbocycles. The van der Waals surface area contributed by atoms with Crippen molar-refractivity contribution in [3.63, 3.8) is 0 Å². The number of esters is 1. The van der Waals surface area contributed by atoms with E-state index in [4.69, 9.17) is 4.74 Å². The molecule has 3 fully saturated rings. The van der Waals surface area contributed by atoms with Crippen molar-refractivity contribution in [1.29, 1.82) is 0 Å². The summed E-state index contributed by atoms with van der Waals surface area (Å²) >= 11 is 0. The number of ether oxygens (including phenoxy) is 1. The lowest BCUT2D eigenvalue weighted by Crippen LogP contribution is -2.32. The minimum atomic E-state index is -0.266. The molecule has 2 amide bonds. The maximum atomic E-state index is 12.9. The molecule has 4 rings (SSSR count). The number of carbonyl (C=O) groups is 3. The molecule has 1 saturated heterocycles. The molecule has 0 unspecified atom stereocenters. The Balaban J connectivity index is 1.44. The zero-order valence-corrected chi connectivity index (χ0v) is 15.9. The molecular formula is C22H27NO4. The summed E-state index contributed by atoms with van der Waals surface area (Å²) in [6.07, 6.45) is 7.62. The number of hydrogen-bond acceptors (Lipinski definition) is 4. The predicted octanol–water partition coefficient (Wildman–Crippen LogP) is 4.10. The molecule has 3 aliphatic rings. The Bertz CT molecular complexity index is 730. The van der Waals surface area contributed by atoms with Crippen molar-refractivity contribution >= 4 is 23.5 Å². The molecule has 5 nitrogen and oxygen atoms in total. The maximum absolute atomic E-state index is 12.9. The fraction of sp³-hybridized carbons (Fsp3) is 0.591. The van der Waals surface area contributed by atoms with Crippen LogP contribution in [0.25, 0.3) is 0 Å². The smallest absolute Gasteiger partial charge is 0.311 e. The zero-order chi connectivity index (χ0) is 19.0. The van der Waals surface area contributed by atoms with Gasteiger partial charge in [-0.25, -0.2) is 4.90 Å². The second-order valence-corrected chi connectivity index (χ2v) is 8.18. The normalized spacial score (nSPS) is 28.7. The summed E-state index contributed by atoms with van der Waals surface area (Å²) in [5, 5.41) is 0. The standard InChI is InChI=1S/C22H27NO4/c1-2-3-4-5-9-18(24)27-17-8-6-7-16(13-17)23-21(25)19-14-10-11-15(12-14)20(19)22(23)26/h6-8,13-15,19-20H,2-5,9-12H2,1H3/t14-,15-,19-,20+/m0/s1. The van der Waals surface area contributed by atoms with Gasteiger partial charge in [-0.3, -0.25) is 14.4 Å². The molecule has 4 atom stereocenters. The van der Waals surface area contributed by atoms with Crippen LogP contribution in [0, 0.1) is 23.7 Å². The number of anilines is 1. The highest BCUT2D eigenvalue weighted by atomic mass is 16.5. The van der Waals surface area contributed by atoms with E-state index in [2.05, 4.69) is 6.92 Å². The monoisotopic (exact) mass is 369 g/mol. The van der Waals surface area contributed by atoms with Crippen LogP contribution >= 0.6 is 0 Å². The van der Waals surface area contributed by atoms with E-state index in [1.807, 2.05) is 0 Å². The first kappa shape index (κ1) is 18.2. The third-order valence-corrected chi connectivity index (χ3v) is 6.47. The van der Waals surface area contributed by atoms with E-state index >= 15 is 0 Å². The fourth-order valence-corrected chi connectivity index (χ4v) is 5.23. The maximum Gasteiger partial charge on any atom is 0.311 e. The summed E-state index contributed by atoms with van der Waals surface area (Å²) in [6.45, 7) is 2.13. The van der Waals surface area contributed by atoms with Gasteiger partial charge >= 0.3 is 5.97 Å². The number of amides is 2. The van der Waals surface area contributed by atoms with Gasteiger partial charge in [-0.05, 0) is 49.7 Å². The van der Waals surface area contributed by atoms with Gasteiger partial charge in [-0.1, -0.05) is 32.3 Å². The second-order valence-electron chi connectivity index (χ2n) is 8.18. The summed E-state index contributed by atoms with van der Waals surface area (Å²) in [7, 11) is 0. The third kappa shape index (κ3) is 3.28. The van der Waals surface area contributed by atoms with Crippen molar-refractivity contribution < 1.29 is 19.1 Å². The summed E-state index contributed by atoms with van der Waals surface area (Å²) < 4.78 is 5.43. The molecule has 1 aliphatic heterocycles. The molecule has 1 aromatic carbocycles. The van der Waals surface area contributed by atoms with Gasteiger partial charge in [0.1, 0.15) is 5.75 Å². The number of imide groups is 1. The molecule has 5 heteroatoms. The Kier molecular flexibility index (Phi) is 5.02. The minimum absolute atomic E-state index is 0.0692. The quantitative estimate of drug-likeness (QED) is 0.314. The average molecular weight is 369 g/mol. The van der Waals surface area contributed by atoms with Crippen molar-refractivity contribution in [3.05, 3.63) is 24.3 Å². The van der Waals surface area contributed by atoms with Crippen LogP contribution in [0.5, 0.6) is 5.75 Å². The Morgan fingerprint density at radius 3 is 2.44 bits per heavy atom. The summed E-state index contributed by atoms with van der Waals surface area (Å²) in [5.74, 6) is 0.449. The van der Waals surface area contributed by atoms with Gasteiger partial charge in [0, 0.05) is 12.5 Å². The highest BCUT2D eigenvalue weighted by molar-refractivity contribution is 6.22. The predicted molar refractivity (Wildman–Crippen MR) is 101 cm³/mol. The van der Waals surface area contributed by atoms with E-state index in [1.165, 1.54) is 4.90 Å². The first-order chi connectivity index (χ1) is 13.1. The lowest BCUT2D eigenvalue weighted by atomic mass is 9.81.